The zero-order valence-electron chi connectivity index (χ0n) is 6.24. The van der Waals surface area contributed by atoms with E-state index in [1.54, 1.807) is 25.1 Å². The molecule has 1 aromatic rings. The summed E-state index contributed by atoms with van der Waals surface area (Å²) in [6.07, 6.45) is 0. The van der Waals surface area contributed by atoms with Crippen LogP contribution in [0, 0.1) is 0 Å². The van der Waals surface area contributed by atoms with Crippen molar-refractivity contribution in [2.45, 2.75) is 11.3 Å². The normalized spacial score (nSPS) is 11.8. The predicted octanol–water partition coefficient (Wildman–Crippen LogP) is 4.64. The van der Waals surface area contributed by atoms with E-state index < -0.39 is 4.33 Å². The van der Waals surface area contributed by atoms with Crippen LogP contribution >= 0.6 is 46.4 Å². The average Bonchev–Trinajstić information content (AvgIpc) is 1.92. The molecule has 0 saturated carbocycles. The summed E-state index contributed by atoms with van der Waals surface area (Å²) in [7, 11) is 0. The summed E-state index contributed by atoms with van der Waals surface area (Å²) in [5.41, 5.74) is 0.625. The molecule has 1 rings (SSSR count). The smallest absolute Gasteiger partial charge is 0.0966 e. The van der Waals surface area contributed by atoms with E-state index in [9.17, 15) is 0 Å². The number of hydrogen-bond donors (Lipinski definition) is 0. The quantitative estimate of drug-likeness (QED) is 0.631. The first-order chi connectivity index (χ1) is 5.43. The largest absolute Gasteiger partial charge is 0.141 e. The molecule has 0 radical (unpaired) electrons. The van der Waals surface area contributed by atoms with Gasteiger partial charge in [0.15, 0.2) is 0 Å². The number of rotatable bonds is 1. The first-order valence-corrected chi connectivity index (χ1v) is 4.76. The van der Waals surface area contributed by atoms with Gasteiger partial charge in [-0.05, 0) is 13.0 Å². The highest BCUT2D eigenvalue weighted by Crippen LogP contribution is 2.39. The van der Waals surface area contributed by atoms with Crippen molar-refractivity contribution in [3.8, 4) is 0 Å². The Balaban J connectivity index is 3.26. The molecule has 0 nitrogen and oxygen atoms in total. The molecule has 12 heavy (non-hydrogen) atoms. The van der Waals surface area contributed by atoms with E-state index in [0.717, 1.165) is 0 Å². The second kappa shape index (κ2) is 3.63. The van der Waals surface area contributed by atoms with Gasteiger partial charge in [0.25, 0.3) is 0 Å². The molecule has 0 spiro atoms. The second-order valence-corrected chi connectivity index (χ2v) is 4.98. The Hall–Kier alpha value is 0.380. The Bertz CT molecular complexity index is 288. The fraction of sp³-hybridized carbons (Fsp3) is 0.250. The van der Waals surface area contributed by atoms with E-state index in [1.807, 2.05) is 0 Å². The van der Waals surface area contributed by atoms with Gasteiger partial charge in [0.05, 0.1) is 10.0 Å². The summed E-state index contributed by atoms with van der Waals surface area (Å²) in [6.45, 7) is 1.65. The van der Waals surface area contributed by atoms with E-state index in [1.165, 1.54) is 0 Å². The summed E-state index contributed by atoms with van der Waals surface area (Å²) in [5.74, 6) is 0. The number of alkyl halides is 2. The van der Waals surface area contributed by atoms with Gasteiger partial charge in [-0.15, -0.1) is 0 Å². The fourth-order valence-electron chi connectivity index (χ4n) is 0.843. The third-order valence-electron chi connectivity index (χ3n) is 1.42. The number of hydrogen-bond acceptors (Lipinski definition) is 0. The highest BCUT2D eigenvalue weighted by atomic mass is 35.5. The van der Waals surface area contributed by atoms with E-state index in [0.29, 0.717) is 15.6 Å². The van der Waals surface area contributed by atoms with Gasteiger partial charge in [-0.1, -0.05) is 58.5 Å². The minimum absolute atomic E-state index is 0.409. The zero-order chi connectivity index (χ0) is 9.35. The second-order valence-electron chi connectivity index (χ2n) is 2.49. The van der Waals surface area contributed by atoms with E-state index in [2.05, 4.69) is 0 Å². The average molecular weight is 244 g/mol. The third kappa shape index (κ3) is 2.20. The Morgan fingerprint density at radius 1 is 1.17 bits per heavy atom. The van der Waals surface area contributed by atoms with Crippen molar-refractivity contribution < 1.29 is 0 Å². The lowest BCUT2D eigenvalue weighted by atomic mass is 10.1. The highest BCUT2D eigenvalue weighted by Gasteiger charge is 2.23. The molecular formula is C8H6Cl4. The molecule has 0 atom stereocenters. The van der Waals surface area contributed by atoms with Crippen LogP contribution in [0.5, 0.6) is 0 Å². The molecule has 0 aromatic heterocycles. The third-order valence-corrected chi connectivity index (χ3v) is 2.65. The molecule has 0 N–H and O–H groups in total. The molecule has 0 aliphatic heterocycles. The standard InChI is InChI=1S/C8H6Cl4/c1-8(11,12)5-3-2-4-6(9)7(5)10/h2-4H,1H3. The molecule has 0 aliphatic carbocycles. The Morgan fingerprint density at radius 3 is 2.17 bits per heavy atom. The van der Waals surface area contributed by atoms with Crippen molar-refractivity contribution in [3.63, 3.8) is 0 Å². The number of halogens is 4. The van der Waals surface area contributed by atoms with E-state index in [-0.39, 0.29) is 0 Å². The lowest BCUT2D eigenvalue weighted by Gasteiger charge is -2.15. The van der Waals surface area contributed by atoms with Crippen molar-refractivity contribution in [1.82, 2.24) is 0 Å². The molecule has 0 fully saturated rings. The SMILES string of the molecule is CC(Cl)(Cl)c1cccc(Cl)c1Cl. The summed E-state index contributed by atoms with van der Waals surface area (Å²) in [6, 6.07) is 5.19. The monoisotopic (exact) mass is 242 g/mol. The maximum absolute atomic E-state index is 5.88. The predicted molar refractivity (Wildman–Crippen MR) is 55.5 cm³/mol. The van der Waals surface area contributed by atoms with Crippen LogP contribution in [-0.2, 0) is 4.33 Å². The van der Waals surface area contributed by atoms with Crippen LogP contribution < -0.4 is 0 Å². The summed E-state index contributed by atoms with van der Waals surface area (Å²) in [4.78, 5) is 0. The summed E-state index contributed by atoms with van der Waals surface area (Å²) < 4.78 is -0.998. The minimum atomic E-state index is -0.998. The molecule has 0 aliphatic rings. The fourth-order valence-corrected chi connectivity index (χ4v) is 1.74. The highest BCUT2D eigenvalue weighted by molar-refractivity contribution is 6.50. The molecular weight excluding hydrogens is 238 g/mol. The van der Waals surface area contributed by atoms with Crippen molar-refractivity contribution >= 4 is 46.4 Å². The molecule has 0 saturated heterocycles. The molecule has 66 valence electrons. The van der Waals surface area contributed by atoms with Gasteiger partial charge in [-0.25, -0.2) is 0 Å². The van der Waals surface area contributed by atoms with Gasteiger partial charge in [0.1, 0.15) is 4.33 Å². The molecule has 0 bridgehead atoms. The topological polar surface area (TPSA) is 0 Å². The Kier molecular flexibility index (Phi) is 3.16. The summed E-state index contributed by atoms with van der Waals surface area (Å²) >= 11 is 23.4. The van der Waals surface area contributed by atoms with Crippen molar-refractivity contribution in [3.05, 3.63) is 33.8 Å². The number of benzene rings is 1. The molecule has 4 heteroatoms. The lowest BCUT2D eigenvalue weighted by molar-refractivity contribution is 0.977. The van der Waals surface area contributed by atoms with Crippen molar-refractivity contribution in [2.24, 2.45) is 0 Å². The van der Waals surface area contributed by atoms with Crippen LogP contribution in [0.15, 0.2) is 18.2 Å². The lowest BCUT2D eigenvalue weighted by Crippen LogP contribution is -2.04. The van der Waals surface area contributed by atoms with Gasteiger partial charge in [-0.3, -0.25) is 0 Å². The van der Waals surface area contributed by atoms with Gasteiger partial charge >= 0.3 is 0 Å². The van der Waals surface area contributed by atoms with Crippen LogP contribution in [0.3, 0.4) is 0 Å². The van der Waals surface area contributed by atoms with Crippen molar-refractivity contribution in [2.75, 3.05) is 0 Å². The Labute approximate surface area is 91.4 Å². The summed E-state index contributed by atoms with van der Waals surface area (Å²) in [5, 5.41) is 0.869. The maximum Gasteiger partial charge on any atom is 0.141 e. The van der Waals surface area contributed by atoms with E-state index >= 15 is 0 Å². The Morgan fingerprint density at radius 2 is 1.75 bits per heavy atom. The first kappa shape index (κ1) is 10.5. The van der Waals surface area contributed by atoms with Crippen LogP contribution in [0.1, 0.15) is 12.5 Å². The van der Waals surface area contributed by atoms with Gasteiger partial charge in [-0.2, -0.15) is 0 Å². The molecule has 0 amide bonds. The van der Waals surface area contributed by atoms with Crippen molar-refractivity contribution in [1.29, 1.82) is 0 Å². The molecule has 0 unspecified atom stereocenters. The van der Waals surface area contributed by atoms with Gasteiger partial charge in [0, 0.05) is 5.56 Å². The van der Waals surface area contributed by atoms with Gasteiger partial charge < -0.3 is 0 Å². The van der Waals surface area contributed by atoms with Gasteiger partial charge in [0.2, 0.25) is 0 Å². The zero-order valence-corrected chi connectivity index (χ0v) is 9.27. The van der Waals surface area contributed by atoms with Crippen LogP contribution in [-0.4, -0.2) is 0 Å². The maximum atomic E-state index is 5.88. The van der Waals surface area contributed by atoms with Crippen LogP contribution in [0.25, 0.3) is 0 Å². The molecule has 1 aromatic carbocycles. The minimum Gasteiger partial charge on any atom is -0.0966 e. The molecule has 0 heterocycles. The van der Waals surface area contributed by atoms with Crippen LogP contribution in [0.2, 0.25) is 10.0 Å². The first-order valence-electron chi connectivity index (χ1n) is 3.25. The van der Waals surface area contributed by atoms with Crippen LogP contribution in [0.4, 0.5) is 0 Å². The van der Waals surface area contributed by atoms with E-state index in [4.69, 9.17) is 46.4 Å².